The highest BCUT2D eigenvalue weighted by Crippen LogP contribution is 2.28. The molecule has 7 heteroatoms. The van der Waals surface area contributed by atoms with Gasteiger partial charge in [-0.1, -0.05) is 0 Å². The van der Waals surface area contributed by atoms with Gasteiger partial charge in [-0.25, -0.2) is 9.97 Å². The zero-order valence-electron chi connectivity index (χ0n) is 12.3. The lowest BCUT2D eigenvalue weighted by Crippen LogP contribution is -2.28. The van der Waals surface area contributed by atoms with Crippen molar-refractivity contribution >= 4 is 11.7 Å². The van der Waals surface area contributed by atoms with Crippen LogP contribution < -0.4 is 0 Å². The predicted molar refractivity (Wildman–Crippen MR) is 79.5 cm³/mol. The molecule has 0 saturated carbocycles. The Hall–Kier alpha value is -2.70. The topological polar surface area (TPSA) is 68.3 Å². The number of aromatic nitrogens is 5. The average molecular weight is 296 g/mol. The maximum atomic E-state index is 12.5. The molecule has 0 bridgehead atoms. The van der Waals surface area contributed by atoms with Crippen LogP contribution in [-0.2, 0) is 7.05 Å². The van der Waals surface area contributed by atoms with Gasteiger partial charge in [-0.05, 0) is 12.5 Å². The summed E-state index contributed by atoms with van der Waals surface area (Å²) in [5.41, 5.74) is 1.80. The Bertz CT molecular complexity index is 835. The van der Waals surface area contributed by atoms with Gasteiger partial charge < -0.3 is 4.90 Å². The summed E-state index contributed by atoms with van der Waals surface area (Å²) in [7, 11) is 1.82. The summed E-state index contributed by atoms with van der Waals surface area (Å²) >= 11 is 0. The molecule has 3 aromatic heterocycles. The van der Waals surface area contributed by atoms with Crippen LogP contribution >= 0.6 is 0 Å². The van der Waals surface area contributed by atoms with Gasteiger partial charge in [-0.3, -0.25) is 13.9 Å². The molecule has 1 amide bonds. The van der Waals surface area contributed by atoms with E-state index >= 15 is 0 Å². The van der Waals surface area contributed by atoms with Gasteiger partial charge in [0.1, 0.15) is 0 Å². The summed E-state index contributed by atoms with van der Waals surface area (Å²) in [5.74, 6) is 1.06. The van der Waals surface area contributed by atoms with Crippen molar-refractivity contribution in [1.29, 1.82) is 0 Å². The number of carbonyl (C=O) groups excluding carboxylic acids is 1. The van der Waals surface area contributed by atoms with Crippen LogP contribution in [0.3, 0.4) is 0 Å². The second kappa shape index (κ2) is 4.94. The van der Waals surface area contributed by atoms with E-state index in [1.54, 1.807) is 29.5 Å². The number of amides is 1. The van der Waals surface area contributed by atoms with E-state index in [0.29, 0.717) is 23.8 Å². The molecule has 4 rings (SSSR count). The van der Waals surface area contributed by atoms with Crippen molar-refractivity contribution in [3.05, 3.63) is 48.3 Å². The lowest BCUT2D eigenvalue weighted by molar-refractivity contribution is 0.0790. The number of nitrogens with zero attached hydrogens (tertiary/aromatic N) is 6. The molecule has 1 atom stereocenters. The Labute approximate surface area is 127 Å². The third kappa shape index (κ3) is 2.05. The Kier molecular flexibility index (Phi) is 2.92. The molecular formula is C15H16N6O. The molecule has 1 fully saturated rings. The summed E-state index contributed by atoms with van der Waals surface area (Å²) < 4.78 is 3.65. The molecule has 0 aliphatic carbocycles. The Morgan fingerprint density at radius 2 is 2.18 bits per heavy atom. The normalized spacial score (nSPS) is 18.2. The number of imidazole rings is 1. The van der Waals surface area contributed by atoms with Gasteiger partial charge in [0.05, 0.1) is 11.8 Å². The van der Waals surface area contributed by atoms with E-state index in [1.807, 2.05) is 28.6 Å². The fourth-order valence-corrected chi connectivity index (χ4v) is 3.09. The first kappa shape index (κ1) is 13.0. The zero-order valence-corrected chi connectivity index (χ0v) is 12.3. The van der Waals surface area contributed by atoms with Crippen molar-refractivity contribution in [2.24, 2.45) is 7.05 Å². The van der Waals surface area contributed by atoms with Crippen LogP contribution in [0.1, 0.15) is 28.4 Å². The second-order valence-corrected chi connectivity index (χ2v) is 5.61. The number of likely N-dealkylation sites (tertiary alicyclic amines) is 1. The van der Waals surface area contributed by atoms with E-state index in [4.69, 9.17) is 0 Å². The molecule has 1 aliphatic heterocycles. The smallest absolute Gasteiger partial charge is 0.257 e. The Balaban J connectivity index is 1.57. The first-order chi connectivity index (χ1) is 10.7. The molecule has 0 spiro atoms. The fourth-order valence-electron chi connectivity index (χ4n) is 3.09. The first-order valence-electron chi connectivity index (χ1n) is 7.28. The molecule has 4 heterocycles. The standard InChI is InChI=1S/C15H16N6O/c1-19-9-12(8-18-19)14(22)20-6-3-11(10-20)13-2-4-16-15-17-5-7-21(13)15/h2,4-5,7-9,11H,3,6,10H2,1H3. The Morgan fingerprint density at radius 1 is 1.32 bits per heavy atom. The molecule has 22 heavy (non-hydrogen) atoms. The van der Waals surface area contributed by atoms with E-state index < -0.39 is 0 Å². The van der Waals surface area contributed by atoms with Gasteiger partial charge in [0, 0.05) is 56.5 Å². The minimum Gasteiger partial charge on any atom is -0.338 e. The number of hydrogen-bond donors (Lipinski definition) is 0. The molecule has 1 unspecified atom stereocenters. The average Bonchev–Trinajstić information content (AvgIpc) is 3.26. The molecular weight excluding hydrogens is 280 g/mol. The lowest BCUT2D eigenvalue weighted by atomic mass is 10.0. The van der Waals surface area contributed by atoms with Crippen LogP contribution in [0.5, 0.6) is 0 Å². The maximum Gasteiger partial charge on any atom is 0.257 e. The number of fused-ring (bicyclic) bond motifs is 1. The maximum absolute atomic E-state index is 12.5. The molecule has 0 radical (unpaired) electrons. The van der Waals surface area contributed by atoms with Gasteiger partial charge in [0.2, 0.25) is 5.78 Å². The highest BCUT2D eigenvalue weighted by atomic mass is 16.2. The third-order valence-electron chi connectivity index (χ3n) is 4.18. The van der Waals surface area contributed by atoms with E-state index in [-0.39, 0.29) is 5.91 Å². The highest BCUT2D eigenvalue weighted by molar-refractivity contribution is 5.94. The van der Waals surface area contributed by atoms with Crippen LogP contribution in [0.2, 0.25) is 0 Å². The minimum atomic E-state index is 0.0477. The van der Waals surface area contributed by atoms with Crippen LogP contribution in [0.15, 0.2) is 37.1 Å². The summed E-state index contributed by atoms with van der Waals surface area (Å²) in [6.45, 7) is 1.47. The van der Waals surface area contributed by atoms with Crippen molar-refractivity contribution < 1.29 is 4.79 Å². The van der Waals surface area contributed by atoms with Crippen molar-refractivity contribution in [2.75, 3.05) is 13.1 Å². The molecule has 1 aliphatic rings. The molecule has 1 saturated heterocycles. The quantitative estimate of drug-likeness (QED) is 0.710. The highest BCUT2D eigenvalue weighted by Gasteiger charge is 2.29. The van der Waals surface area contributed by atoms with E-state index in [0.717, 1.165) is 18.7 Å². The number of rotatable bonds is 2. The fraction of sp³-hybridized carbons (Fsp3) is 0.333. The third-order valence-corrected chi connectivity index (χ3v) is 4.18. The molecule has 0 aromatic carbocycles. The molecule has 7 nitrogen and oxygen atoms in total. The Morgan fingerprint density at radius 3 is 3.00 bits per heavy atom. The molecule has 0 N–H and O–H groups in total. The van der Waals surface area contributed by atoms with Crippen molar-refractivity contribution in [3.63, 3.8) is 0 Å². The summed E-state index contributed by atoms with van der Waals surface area (Å²) in [6, 6.07) is 2.01. The number of carbonyl (C=O) groups is 1. The van der Waals surface area contributed by atoms with Gasteiger partial charge in [0.15, 0.2) is 0 Å². The van der Waals surface area contributed by atoms with Crippen LogP contribution in [0.4, 0.5) is 0 Å². The van der Waals surface area contributed by atoms with E-state index in [9.17, 15) is 4.79 Å². The summed E-state index contributed by atoms with van der Waals surface area (Å²) in [4.78, 5) is 22.8. The van der Waals surface area contributed by atoms with Crippen LogP contribution in [0, 0.1) is 0 Å². The summed E-state index contributed by atoms with van der Waals surface area (Å²) in [5, 5.41) is 4.07. The largest absolute Gasteiger partial charge is 0.338 e. The lowest BCUT2D eigenvalue weighted by Gasteiger charge is -2.16. The van der Waals surface area contributed by atoms with Crippen LogP contribution in [0.25, 0.3) is 5.78 Å². The van der Waals surface area contributed by atoms with E-state index in [1.165, 1.54) is 0 Å². The second-order valence-electron chi connectivity index (χ2n) is 5.61. The van der Waals surface area contributed by atoms with Crippen molar-refractivity contribution in [1.82, 2.24) is 29.0 Å². The predicted octanol–water partition coefficient (Wildman–Crippen LogP) is 1.09. The van der Waals surface area contributed by atoms with Crippen molar-refractivity contribution in [3.8, 4) is 0 Å². The van der Waals surface area contributed by atoms with Gasteiger partial charge in [0.25, 0.3) is 5.91 Å². The van der Waals surface area contributed by atoms with Gasteiger partial charge in [-0.15, -0.1) is 0 Å². The monoisotopic (exact) mass is 296 g/mol. The van der Waals surface area contributed by atoms with Crippen molar-refractivity contribution in [2.45, 2.75) is 12.3 Å². The SMILES string of the molecule is Cn1cc(C(=O)N2CCC(c3ccnc4nccn34)C2)cn1. The molecule has 112 valence electrons. The summed E-state index contributed by atoms with van der Waals surface area (Å²) in [6.07, 6.45) is 9.78. The molecule has 3 aromatic rings. The minimum absolute atomic E-state index is 0.0477. The van der Waals surface area contributed by atoms with E-state index in [2.05, 4.69) is 15.1 Å². The van der Waals surface area contributed by atoms with Gasteiger partial charge in [-0.2, -0.15) is 5.10 Å². The van der Waals surface area contributed by atoms with Crippen LogP contribution in [-0.4, -0.2) is 48.0 Å². The van der Waals surface area contributed by atoms with Gasteiger partial charge >= 0.3 is 0 Å². The first-order valence-corrected chi connectivity index (χ1v) is 7.28. The zero-order chi connectivity index (χ0) is 15.1. The number of aryl methyl sites for hydroxylation is 1. The number of hydrogen-bond acceptors (Lipinski definition) is 4.